The third-order valence-electron chi connectivity index (χ3n) is 3.52. The summed E-state index contributed by atoms with van der Waals surface area (Å²) in [6, 6.07) is 12.2. The number of hydrogen-bond donors (Lipinski definition) is 3. The van der Waals surface area contributed by atoms with E-state index >= 15 is 0 Å². The second kappa shape index (κ2) is 8.39. The lowest BCUT2D eigenvalue weighted by molar-refractivity contribution is -0.383. The SMILES string of the molecule is O=C(NNc1ncnc(Nc2ccc(Br)cc2)c1[N+](=O)[O-])c1ccccc1F. The highest BCUT2D eigenvalue weighted by Gasteiger charge is 2.24. The second-order valence-corrected chi connectivity index (χ2v) is 6.28. The van der Waals surface area contributed by atoms with E-state index in [1.807, 2.05) is 0 Å². The van der Waals surface area contributed by atoms with Gasteiger partial charge in [-0.15, -0.1) is 0 Å². The highest BCUT2D eigenvalue weighted by molar-refractivity contribution is 9.10. The Balaban J connectivity index is 1.83. The van der Waals surface area contributed by atoms with E-state index in [0.29, 0.717) is 5.69 Å². The lowest BCUT2D eigenvalue weighted by atomic mass is 10.2. The number of rotatable bonds is 6. The lowest BCUT2D eigenvalue weighted by Gasteiger charge is -2.11. The average Bonchev–Trinajstić information content (AvgIpc) is 2.68. The molecule has 0 radical (unpaired) electrons. The number of hydrazine groups is 1. The molecule has 0 aliphatic carbocycles. The van der Waals surface area contributed by atoms with E-state index in [4.69, 9.17) is 0 Å². The Hall–Kier alpha value is -3.60. The van der Waals surface area contributed by atoms with Crippen LogP contribution < -0.4 is 16.2 Å². The molecular weight excluding hydrogens is 435 g/mol. The molecule has 142 valence electrons. The fraction of sp³-hybridized carbons (Fsp3) is 0. The average molecular weight is 447 g/mol. The van der Waals surface area contributed by atoms with Crippen LogP contribution in [0.3, 0.4) is 0 Å². The van der Waals surface area contributed by atoms with Crippen molar-refractivity contribution in [2.24, 2.45) is 0 Å². The van der Waals surface area contributed by atoms with Crippen LogP contribution in [0.25, 0.3) is 0 Å². The molecule has 28 heavy (non-hydrogen) atoms. The van der Waals surface area contributed by atoms with Crippen LogP contribution in [0, 0.1) is 15.9 Å². The van der Waals surface area contributed by atoms with Gasteiger partial charge in [-0.3, -0.25) is 25.8 Å². The summed E-state index contributed by atoms with van der Waals surface area (Å²) < 4.78 is 14.5. The number of anilines is 3. The highest BCUT2D eigenvalue weighted by atomic mass is 79.9. The van der Waals surface area contributed by atoms with Crippen molar-refractivity contribution in [3.05, 3.63) is 80.8 Å². The summed E-state index contributed by atoms with van der Waals surface area (Å²) in [5, 5.41) is 14.3. The first kappa shape index (κ1) is 19.2. The van der Waals surface area contributed by atoms with Crippen LogP contribution in [0.15, 0.2) is 59.3 Å². The van der Waals surface area contributed by atoms with Gasteiger partial charge in [0.25, 0.3) is 5.91 Å². The Morgan fingerprint density at radius 3 is 2.43 bits per heavy atom. The van der Waals surface area contributed by atoms with Gasteiger partial charge < -0.3 is 5.32 Å². The summed E-state index contributed by atoms with van der Waals surface area (Å²) in [5.41, 5.74) is 4.39. The van der Waals surface area contributed by atoms with E-state index < -0.39 is 22.3 Å². The van der Waals surface area contributed by atoms with Gasteiger partial charge in [0.05, 0.1) is 10.5 Å². The van der Waals surface area contributed by atoms with Gasteiger partial charge in [0.1, 0.15) is 12.1 Å². The smallest absolute Gasteiger partial charge is 0.334 e. The molecule has 1 amide bonds. The monoisotopic (exact) mass is 446 g/mol. The molecule has 0 aliphatic heterocycles. The van der Waals surface area contributed by atoms with E-state index in [0.717, 1.165) is 16.9 Å². The number of amides is 1. The van der Waals surface area contributed by atoms with Gasteiger partial charge in [0.15, 0.2) is 0 Å². The normalized spacial score (nSPS) is 10.2. The minimum Gasteiger partial charge on any atom is -0.334 e. The minimum absolute atomic E-state index is 0.0787. The summed E-state index contributed by atoms with van der Waals surface area (Å²) in [6.07, 6.45) is 1.09. The quantitative estimate of drug-likeness (QED) is 0.388. The van der Waals surface area contributed by atoms with Crippen LogP contribution in [0.2, 0.25) is 0 Å². The Morgan fingerprint density at radius 2 is 1.75 bits per heavy atom. The van der Waals surface area contributed by atoms with E-state index in [-0.39, 0.29) is 17.2 Å². The summed E-state index contributed by atoms with van der Waals surface area (Å²) in [4.78, 5) is 30.6. The number of nitro groups is 1. The maximum absolute atomic E-state index is 13.7. The van der Waals surface area contributed by atoms with Gasteiger partial charge in [-0.05, 0) is 36.4 Å². The fourth-order valence-corrected chi connectivity index (χ4v) is 2.50. The summed E-state index contributed by atoms with van der Waals surface area (Å²) in [6.45, 7) is 0. The number of hydrogen-bond acceptors (Lipinski definition) is 7. The zero-order valence-electron chi connectivity index (χ0n) is 14.0. The number of benzene rings is 2. The molecule has 0 fully saturated rings. The predicted molar refractivity (Wildman–Crippen MR) is 104 cm³/mol. The van der Waals surface area contributed by atoms with Crippen LogP contribution in [0.5, 0.6) is 0 Å². The van der Waals surface area contributed by atoms with Crippen LogP contribution in [0.4, 0.5) is 27.4 Å². The molecule has 0 bridgehead atoms. The molecule has 0 unspecified atom stereocenters. The van der Waals surface area contributed by atoms with E-state index in [1.165, 1.54) is 18.2 Å². The summed E-state index contributed by atoms with van der Waals surface area (Å²) in [7, 11) is 0. The fourth-order valence-electron chi connectivity index (χ4n) is 2.23. The molecule has 0 aliphatic rings. The van der Waals surface area contributed by atoms with E-state index in [9.17, 15) is 19.3 Å². The van der Waals surface area contributed by atoms with Gasteiger partial charge in [0.2, 0.25) is 11.6 Å². The molecule has 9 nitrogen and oxygen atoms in total. The Kier molecular flexibility index (Phi) is 5.75. The standard InChI is InChI=1S/C17H12BrFN6O3/c18-10-5-7-11(8-6-10)22-15-14(25(27)28)16(21-9-20-15)23-24-17(26)12-3-1-2-4-13(12)19/h1-9H,(H,24,26)(H2,20,21,22,23). The zero-order chi connectivity index (χ0) is 20.1. The largest absolute Gasteiger partial charge is 0.355 e. The third kappa shape index (κ3) is 4.38. The van der Waals surface area contributed by atoms with Gasteiger partial charge in [-0.25, -0.2) is 14.4 Å². The Bertz CT molecular complexity index is 1030. The summed E-state index contributed by atoms with van der Waals surface area (Å²) >= 11 is 3.30. The third-order valence-corrected chi connectivity index (χ3v) is 4.05. The second-order valence-electron chi connectivity index (χ2n) is 5.37. The van der Waals surface area contributed by atoms with Crippen molar-refractivity contribution >= 4 is 44.8 Å². The van der Waals surface area contributed by atoms with Crippen molar-refractivity contribution < 1.29 is 14.1 Å². The van der Waals surface area contributed by atoms with Crippen molar-refractivity contribution in [2.75, 3.05) is 10.7 Å². The molecule has 3 rings (SSSR count). The molecule has 11 heteroatoms. The van der Waals surface area contributed by atoms with Crippen molar-refractivity contribution in [2.45, 2.75) is 0 Å². The topological polar surface area (TPSA) is 122 Å². The molecular formula is C17H12BrFN6O3. The zero-order valence-corrected chi connectivity index (χ0v) is 15.6. The van der Waals surface area contributed by atoms with Gasteiger partial charge >= 0.3 is 5.69 Å². The number of carbonyl (C=O) groups excluding carboxylic acids is 1. The van der Waals surface area contributed by atoms with Gasteiger partial charge in [-0.2, -0.15) is 0 Å². The van der Waals surface area contributed by atoms with Crippen molar-refractivity contribution in [3.63, 3.8) is 0 Å². The predicted octanol–water partition coefficient (Wildman–Crippen LogP) is 3.79. The van der Waals surface area contributed by atoms with E-state index in [1.54, 1.807) is 24.3 Å². The van der Waals surface area contributed by atoms with Crippen molar-refractivity contribution in [3.8, 4) is 0 Å². The number of nitrogens with one attached hydrogen (secondary N) is 3. The minimum atomic E-state index is -0.812. The molecule has 0 atom stereocenters. The molecule has 0 saturated heterocycles. The molecule has 0 saturated carbocycles. The van der Waals surface area contributed by atoms with E-state index in [2.05, 4.69) is 42.1 Å². The maximum atomic E-state index is 13.7. The molecule has 3 aromatic rings. The van der Waals surface area contributed by atoms with Crippen LogP contribution >= 0.6 is 15.9 Å². The van der Waals surface area contributed by atoms with Crippen LogP contribution in [0.1, 0.15) is 10.4 Å². The molecule has 0 spiro atoms. The van der Waals surface area contributed by atoms with Gasteiger partial charge in [0, 0.05) is 10.2 Å². The lowest BCUT2D eigenvalue weighted by Crippen LogP contribution is -2.31. The molecule has 1 heterocycles. The summed E-state index contributed by atoms with van der Waals surface area (Å²) in [5.74, 6) is -1.88. The number of nitrogens with zero attached hydrogens (tertiary/aromatic N) is 3. The number of halogens is 2. The highest BCUT2D eigenvalue weighted by Crippen LogP contribution is 2.31. The van der Waals surface area contributed by atoms with Crippen LogP contribution in [-0.4, -0.2) is 20.8 Å². The maximum Gasteiger partial charge on any atom is 0.355 e. The molecule has 2 aromatic carbocycles. The number of carbonyl (C=O) groups is 1. The first-order valence-corrected chi connectivity index (χ1v) is 8.58. The van der Waals surface area contributed by atoms with Gasteiger partial charge in [-0.1, -0.05) is 28.1 Å². The number of aromatic nitrogens is 2. The molecule has 1 aromatic heterocycles. The first-order chi connectivity index (χ1) is 13.5. The Morgan fingerprint density at radius 1 is 1.07 bits per heavy atom. The Labute approximate surface area is 166 Å². The van der Waals surface area contributed by atoms with Crippen molar-refractivity contribution in [1.82, 2.24) is 15.4 Å². The first-order valence-electron chi connectivity index (χ1n) is 7.78. The molecule has 3 N–H and O–H groups in total. The van der Waals surface area contributed by atoms with Crippen molar-refractivity contribution in [1.29, 1.82) is 0 Å². The van der Waals surface area contributed by atoms with Crippen LogP contribution in [-0.2, 0) is 0 Å².